The van der Waals surface area contributed by atoms with E-state index in [9.17, 15) is 30.8 Å². The lowest BCUT2D eigenvalue weighted by Gasteiger charge is -2.29. The van der Waals surface area contributed by atoms with Crippen LogP contribution in [0.1, 0.15) is 16.8 Å². The average molecular weight is 502 g/mol. The van der Waals surface area contributed by atoms with Crippen LogP contribution in [0.15, 0.2) is 36.4 Å². The second kappa shape index (κ2) is 10.4. The normalized spacial score (nSPS) is 14.9. The van der Waals surface area contributed by atoms with Gasteiger partial charge in [-0.25, -0.2) is 17.8 Å². The molecule has 1 aliphatic heterocycles. The Morgan fingerprint density at radius 3 is 2.53 bits per heavy atom. The van der Waals surface area contributed by atoms with E-state index in [-0.39, 0.29) is 18.1 Å². The Kier molecular flexibility index (Phi) is 7.77. The molecule has 2 N–H and O–H groups in total. The van der Waals surface area contributed by atoms with E-state index in [0.29, 0.717) is 37.4 Å². The third-order valence-electron chi connectivity index (χ3n) is 4.72. The SMILES string of the molecule is CS(=O)(=O)Nc1ccc(CNC(=O)C=Cc2ccc(C(F)(F)F)nc2N2CCOCC2)cc1F. The Hall–Kier alpha value is -3.19. The Bertz CT molecular complexity index is 1180. The minimum atomic E-state index is -4.61. The van der Waals surface area contributed by atoms with Crippen molar-refractivity contribution < 1.29 is 35.5 Å². The van der Waals surface area contributed by atoms with Gasteiger partial charge in [0.2, 0.25) is 15.9 Å². The molecule has 13 heteroatoms. The fourth-order valence-electron chi connectivity index (χ4n) is 3.14. The summed E-state index contributed by atoms with van der Waals surface area (Å²) in [7, 11) is -3.64. The monoisotopic (exact) mass is 502 g/mol. The topological polar surface area (TPSA) is 101 Å². The maximum atomic E-state index is 14.1. The molecule has 0 aliphatic carbocycles. The van der Waals surface area contributed by atoms with Gasteiger partial charge in [0.1, 0.15) is 17.3 Å². The molecule has 1 aromatic heterocycles. The van der Waals surface area contributed by atoms with Gasteiger partial charge in [0, 0.05) is 31.3 Å². The molecule has 1 saturated heterocycles. The molecule has 0 radical (unpaired) electrons. The molecule has 1 aliphatic rings. The molecule has 1 aromatic carbocycles. The number of benzene rings is 1. The highest BCUT2D eigenvalue weighted by molar-refractivity contribution is 7.92. The standard InChI is InChI=1S/C21H22F4N4O4S/c1-34(31,32)28-17-5-2-14(12-16(17)22)13-26-19(30)7-4-15-3-6-18(21(23,24)25)27-20(15)29-8-10-33-11-9-29/h2-7,12,28H,8-11,13H2,1H3,(H,26,30). The van der Waals surface area contributed by atoms with Gasteiger partial charge in [0.25, 0.3) is 0 Å². The Balaban J connectivity index is 1.70. The summed E-state index contributed by atoms with van der Waals surface area (Å²) in [5.41, 5.74) is -0.551. The lowest BCUT2D eigenvalue weighted by Crippen LogP contribution is -2.37. The highest BCUT2D eigenvalue weighted by Crippen LogP contribution is 2.31. The van der Waals surface area contributed by atoms with Crippen LogP contribution >= 0.6 is 0 Å². The number of ether oxygens (including phenoxy) is 1. The first kappa shape index (κ1) is 25.4. The lowest BCUT2D eigenvalue weighted by atomic mass is 10.1. The molecule has 1 fully saturated rings. The third-order valence-corrected chi connectivity index (χ3v) is 5.31. The minimum Gasteiger partial charge on any atom is -0.378 e. The first-order valence-corrected chi connectivity index (χ1v) is 11.9. The molecule has 0 saturated carbocycles. The van der Waals surface area contributed by atoms with Crippen molar-refractivity contribution in [2.24, 2.45) is 0 Å². The van der Waals surface area contributed by atoms with E-state index in [1.165, 1.54) is 24.3 Å². The van der Waals surface area contributed by atoms with Crippen LogP contribution in [0.5, 0.6) is 0 Å². The summed E-state index contributed by atoms with van der Waals surface area (Å²) in [5.74, 6) is -1.27. The fraction of sp³-hybridized carbons (Fsp3) is 0.333. The number of alkyl halides is 3. The zero-order chi connectivity index (χ0) is 24.9. The molecule has 1 amide bonds. The summed E-state index contributed by atoms with van der Waals surface area (Å²) in [6.07, 6.45) is -1.22. The van der Waals surface area contributed by atoms with Crippen LogP contribution < -0.4 is 14.9 Å². The van der Waals surface area contributed by atoms with Crippen LogP contribution in [0.3, 0.4) is 0 Å². The molecule has 0 bridgehead atoms. The third kappa shape index (κ3) is 7.15. The lowest BCUT2D eigenvalue weighted by molar-refractivity contribution is -0.141. The molecule has 3 rings (SSSR count). The van der Waals surface area contributed by atoms with Crippen molar-refractivity contribution in [1.29, 1.82) is 0 Å². The molecule has 2 heterocycles. The quantitative estimate of drug-likeness (QED) is 0.446. The summed E-state index contributed by atoms with van der Waals surface area (Å²) >= 11 is 0. The van der Waals surface area contributed by atoms with E-state index in [0.717, 1.165) is 24.5 Å². The number of morpholine rings is 1. The minimum absolute atomic E-state index is 0.0547. The maximum absolute atomic E-state index is 14.1. The average Bonchev–Trinajstić information content (AvgIpc) is 2.77. The van der Waals surface area contributed by atoms with Crippen LogP contribution in [0.25, 0.3) is 6.08 Å². The zero-order valence-electron chi connectivity index (χ0n) is 18.0. The number of rotatable bonds is 7. The largest absolute Gasteiger partial charge is 0.433 e. The molecule has 0 atom stereocenters. The number of nitrogens with one attached hydrogen (secondary N) is 2. The Morgan fingerprint density at radius 2 is 1.91 bits per heavy atom. The highest BCUT2D eigenvalue weighted by atomic mass is 32.2. The van der Waals surface area contributed by atoms with Gasteiger partial charge in [-0.15, -0.1) is 0 Å². The number of hydrogen-bond acceptors (Lipinski definition) is 6. The number of nitrogens with zero attached hydrogens (tertiary/aromatic N) is 2. The summed E-state index contributed by atoms with van der Waals surface area (Å²) in [6.45, 7) is 1.35. The van der Waals surface area contributed by atoms with Crippen molar-refractivity contribution in [3.8, 4) is 0 Å². The Labute approximate surface area is 193 Å². The number of aromatic nitrogens is 1. The smallest absolute Gasteiger partial charge is 0.378 e. The molecule has 0 unspecified atom stereocenters. The maximum Gasteiger partial charge on any atom is 0.433 e. The van der Waals surface area contributed by atoms with E-state index in [1.807, 2.05) is 4.72 Å². The molecule has 0 spiro atoms. The van der Waals surface area contributed by atoms with Crippen molar-refractivity contribution in [3.05, 3.63) is 59.0 Å². The van der Waals surface area contributed by atoms with E-state index in [2.05, 4.69) is 10.3 Å². The number of pyridine rings is 1. The molecular formula is C21H22F4N4O4S. The van der Waals surface area contributed by atoms with Gasteiger partial charge in [-0.05, 0) is 35.9 Å². The van der Waals surface area contributed by atoms with E-state index >= 15 is 0 Å². The number of amides is 1. The van der Waals surface area contributed by atoms with Crippen molar-refractivity contribution in [2.75, 3.05) is 42.2 Å². The summed E-state index contributed by atoms with van der Waals surface area (Å²) < 4.78 is 83.2. The number of anilines is 2. The van der Waals surface area contributed by atoms with Gasteiger partial charge in [0.15, 0.2) is 0 Å². The summed E-state index contributed by atoms with van der Waals surface area (Å²) in [4.78, 5) is 17.6. The summed E-state index contributed by atoms with van der Waals surface area (Å²) in [6, 6.07) is 5.84. The number of carbonyl (C=O) groups is 1. The van der Waals surface area contributed by atoms with Crippen molar-refractivity contribution >= 4 is 33.5 Å². The second-order valence-corrected chi connectivity index (χ2v) is 9.19. The second-order valence-electron chi connectivity index (χ2n) is 7.45. The van der Waals surface area contributed by atoms with Gasteiger partial charge in [-0.3, -0.25) is 9.52 Å². The predicted molar refractivity (Wildman–Crippen MR) is 118 cm³/mol. The van der Waals surface area contributed by atoms with Gasteiger partial charge in [-0.1, -0.05) is 6.07 Å². The van der Waals surface area contributed by atoms with Crippen LogP contribution in [0.4, 0.5) is 29.1 Å². The van der Waals surface area contributed by atoms with Crippen LogP contribution in [-0.2, 0) is 32.3 Å². The molecule has 34 heavy (non-hydrogen) atoms. The number of carbonyl (C=O) groups excluding carboxylic acids is 1. The van der Waals surface area contributed by atoms with Gasteiger partial charge in [-0.2, -0.15) is 13.2 Å². The first-order chi connectivity index (χ1) is 15.9. The number of hydrogen-bond donors (Lipinski definition) is 2. The van der Waals surface area contributed by atoms with E-state index < -0.39 is 33.6 Å². The number of halogens is 4. The molecule has 2 aromatic rings. The molecule has 184 valence electrons. The molecular weight excluding hydrogens is 480 g/mol. The van der Waals surface area contributed by atoms with E-state index in [1.54, 1.807) is 4.90 Å². The zero-order valence-corrected chi connectivity index (χ0v) is 18.8. The van der Waals surface area contributed by atoms with Crippen LogP contribution in [0, 0.1) is 5.82 Å². The predicted octanol–water partition coefficient (Wildman–Crippen LogP) is 2.78. The van der Waals surface area contributed by atoms with Crippen molar-refractivity contribution in [1.82, 2.24) is 10.3 Å². The van der Waals surface area contributed by atoms with Gasteiger partial charge in [0.05, 0.1) is 25.2 Å². The first-order valence-electron chi connectivity index (χ1n) is 10.1. The highest BCUT2D eigenvalue weighted by Gasteiger charge is 2.33. The van der Waals surface area contributed by atoms with Gasteiger partial charge < -0.3 is 15.0 Å². The van der Waals surface area contributed by atoms with Crippen molar-refractivity contribution in [3.63, 3.8) is 0 Å². The van der Waals surface area contributed by atoms with E-state index in [4.69, 9.17) is 4.74 Å². The fourth-order valence-corrected chi connectivity index (χ4v) is 3.71. The van der Waals surface area contributed by atoms with Crippen LogP contribution in [0.2, 0.25) is 0 Å². The van der Waals surface area contributed by atoms with Crippen LogP contribution in [-0.4, -0.2) is 51.9 Å². The van der Waals surface area contributed by atoms with Gasteiger partial charge >= 0.3 is 6.18 Å². The number of sulfonamides is 1. The summed E-state index contributed by atoms with van der Waals surface area (Å²) in [5, 5.41) is 2.53. The van der Waals surface area contributed by atoms with Crippen molar-refractivity contribution in [2.45, 2.75) is 12.7 Å². The Morgan fingerprint density at radius 1 is 1.21 bits per heavy atom. The molecule has 8 nitrogen and oxygen atoms in total.